The SMILES string of the molecule is CC(C)CCCCC(=O)NCCOCCCOC(C)(C)C. The summed E-state index contributed by atoms with van der Waals surface area (Å²) in [5.41, 5.74) is -0.0798. The van der Waals surface area contributed by atoms with Gasteiger partial charge in [0.15, 0.2) is 0 Å². The van der Waals surface area contributed by atoms with Crippen molar-refractivity contribution in [3.8, 4) is 0 Å². The van der Waals surface area contributed by atoms with Gasteiger partial charge in [-0.25, -0.2) is 0 Å². The second kappa shape index (κ2) is 12.0. The molecule has 0 radical (unpaired) electrons. The number of rotatable bonds is 12. The monoisotopic (exact) mass is 301 g/mol. The zero-order valence-electron chi connectivity index (χ0n) is 14.7. The van der Waals surface area contributed by atoms with Crippen LogP contribution in [0.5, 0.6) is 0 Å². The van der Waals surface area contributed by atoms with Crippen molar-refractivity contribution in [1.82, 2.24) is 5.32 Å². The molecule has 0 saturated heterocycles. The van der Waals surface area contributed by atoms with Gasteiger partial charge < -0.3 is 14.8 Å². The van der Waals surface area contributed by atoms with Crippen molar-refractivity contribution in [3.05, 3.63) is 0 Å². The zero-order chi connectivity index (χ0) is 16.1. The fourth-order valence-corrected chi connectivity index (χ4v) is 1.83. The highest BCUT2D eigenvalue weighted by Gasteiger charge is 2.08. The summed E-state index contributed by atoms with van der Waals surface area (Å²) >= 11 is 0. The van der Waals surface area contributed by atoms with Crippen LogP contribution in [0, 0.1) is 5.92 Å². The third-order valence-electron chi connectivity index (χ3n) is 2.97. The third-order valence-corrected chi connectivity index (χ3v) is 2.97. The van der Waals surface area contributed by atoms with Crippen LogP contribution in [0.4, 0.5) is 0 Å². The van der Waals surface area contributed by atoms with Crippen molar-refractivity contribution in [2.45, 2.75) is 72.3 Å². The van der Waals surface area contributed by atoms with E-state index in [1.165, 1.54) is 6.42 Å². The standard InChI is InChI=1S/C17H35NO3/c1-15(2)9-6-7-10-16(19)18-11-14-20-12-8-13-21-17(3,4)5/h15H,6-14H2,1-5H3,(H,18,19). The highest BCUT2D eigenvalue weighted by atomic mass is 16.5. The number of hydrogen-bond acceptors (Lipinski definition) is 3. The van der Waals surface area contributed by atoms with Gasteiger partial charge in [0.1, 0.15) is 0 Å². The molecule has 0 heterocycles. The predicted octanol–water partition coefficient (Wildman–Crippen LogP) is 3.54. The summed E-state index contributed by atoms with van der Waals surface area (Å²) in [6.45, 7) is 13.1. The van der Waals surface area contributed by atoms with E-state index in [9.17, 15) is 4.79 Å². The minimum atomic E-state index is -0.0798. The van der Waals surface area contributed by atoms with Crippen LogP contribution >= 0.6 is 0 Å². The number of amides is 1. The molecule has 126 valence electrons. The first-order valence-electron chi connectivity index (χ1n) is 8.29. The first kappa shape index (κ1) is 20.4. The first-order valence-corrected chi connectivity index (χ1v) is 8.29. The van der Waals surface area contributed by atoms with Crippen molar-refractivity contribution in [2.75, 3.05) is 26.4 Å². The van der Waals surface area contributed by atoms with E-state index in [1.54, 1.807) is 0 Å². The second-order valence-corrected chi connectivity index (χ2v) is 6.92. The molecule has 0 aliphatic heterocycles. The van der Waals surface area contributed by atoms with Crippen molar-refractivity contribution in [1.29, 1.82) is 0 Å². The molecule has 0 bridgehead atoms. The van der Waals surface area contributed by atoms with E-state index in [2.05, 4.69) is 19.2 Å². The molecule has 0 aromatic carbocycles. The summed E-state index contributed by atoms with van der Waals surface area (Å²) < 4.78 is 11.1. The lowest BCUT2D eigenvalue weighted by atomic mass is 10.1. The molecule has 0 unspecified atom stereocenters. The average molecular weight is 301 g/mol. The number of carbonyl (C=O) groups excluding carboxylic acids is 1. The van der Waals surface area contributed by atoms with Crippen LogP contribution in [-0.4, -0.2) is 37.9 Å². The van der Waals surface area contributed by atoms with E-state index in [0.29, 0.717) is 32.8 Å². The lowest BCUT2D eigenvalue weighted by molar-refractivity contribution is -0.121. The third kappa shape index (κ3) is 17.3. The molecule has 0 rings (SSSR count). The van der Waals surface area contributed by atoms with E-state index >= 15 is 0 Å². The van der Waals surface area contributed by atoms with Crippen molar-refractivity contribution >= 4 is 5.91 Å². The maximum Gasteiger partial charge on any atom is 0.220 e. The van der Waals surface area contributed by atoms with E-state index < -0.39 is 0 Å². The normalized spacial score (nSPS) is 11.9. The average Bonchev–Trinajstić information content (AvgIpc) is 2.36. The topological polar surface area (TPSA) is 47.6 Å². The van der Waals surface area contributed by atoms with Crippen molar-refractivity contribution < 1.29 is 14.3 Å². The maximum absolute atomic E-state index is 11.5. The minimum absolute atomic E-state index is 0.0798. The Balaban J connectivity index is 3.25. The molecule has 1 N–H and O–H groups in total. The Morgan fingerprint density at radius 1 is 1.05 bits per heavy atom. The Morgan fingerprint density at radius 2 is 1.76 bits per heavy atom. The molecule has 0 atom stereocenters. The van der Waals surface area contributed by atoms with Crippen LogP contribution in [0.2, 0.25) is 0 Å². The summed E-state index contributed by atoms with van der Waals surface area (Å²) in [6, 6.07) is 0. The van der Waals surface area contributed by atoms with Gasteiger partial charge >= 0.3 is 0 Å². The van der Waals surface area contributed by atoms with Gasteiger partial charge in [0.05, 0.1) is 12.2 Å². The van der Waals surface area contributed by atoms with Crippen LogP contribution in [0.25, 0.3) is 0 Å². The molecule has 4 nitrogen and oxygen atoms in total. The molecule has 0 aromatic rings. The summed E-state index contributed by atoms with van der Waals surface area (Å²) in [6.07, 6.45) is 4.84. The molecule has 0 fully saturated rings. The number of hydrogen-bond donors (Lipinski definition) is 1. The van der Waals surface area contributed by atoms with Gasteiger partial charge in [-0.15, -0.1) is 0 Å². The fraction of sp³-hybridized carbons (Fsp3) is 0.941. The summed E-state index contributed by atoms with van der Waals surface area (Å²) in [4.78, 5) is 11.5. The minimum Gasteiger partial charge on any atom is -0.380 e. The largest absolute Gasteiger partial charge is 0.380 e. The van der Waals surface area contributed by atoms with Gasteiger partial charge in [0, 0.05) is 26.2 Å². The highest BCUT2D eigenvalue weighted by Crippen LogP contribution is 2.08. The Labute approximate surface area is 131 Å². The van der Waals surface area contributed by atoms with Crippen LogP contribution in [0.3, 0.4) is 0 Å². The molecule has 0 aliphatic rings. The smallest absolute Gasteiger partial charge is 0.220 e. The Kier molecular flexibility index (Phi) is 11.6. The molecule has 0 saturated carbocycles. The lowest BCUT2D eigenvalue weighted by Gasteiger charge is -2.19. The number of ether oxygens (including phenoxy) is 2. The summed E-state index contributed by atoms with van der Waals surface area (Å²) in [7, 11) is 0. The van der Waals surface area contributed by atoms with Gasteiger partial charge in [0.2, 0.25) is 5.91 Å². The Morgan fingerprint density at radius 3 is 2.38 bits per heavy atom. The molecular weight excluding hydrogens is 266 g/mol. The Hall–Kier alpha value is -0.610. The first-order chi connectivity index (χ1) is 9.81. The van der Waals surface area contributed by atoms with Gasteiger partial charge in [-0.3, -0.25) is 4.79 Å². The van der Waals surface area contributed by atoms with E-state index in [0.717, 1.165) is 25.2 Å². The van der Waals surface area contributed by atoms with E-state index in [4.69, 9.17) is 9.47 Å². The van der Waals surface area contributed by atoms with Crippen LogP contribution in [-0.2, 0) is 14.3 Å². The van der Waals surface area contributed by atoms with E-state index in [1.807, 2.05) is 20.8 Å². The maximum atomic E-state index is 11.5. The van der Waals surface area contributed by atoms with Gasteiger partial charge in [-0.2, -0.15) is 0 Å². The van der Waals surface area contributed by atoms with Crippen molar-refractivity contribution in [3.63, 3.8) is 0 Å². The molecule has 21 heavy (non-hydrogen) atoms. The quantitative estimate of drug-likeness (QED) is 0.561. The fourth-order valence-electron chi connectivity index (χ4n) is 1.83. The van der Waals surface area contributed by atoms with Gasteiger partial charge in [-0.1, -0.05) is 26.7 Å². The zero-order valence-corrected chi connectivity index (χ0v) is 14.7. The Bertz CT molecular complexity index is 259. The molecule has 0 spiro atoms. The van der Waals surface area contributed by atoms with Gasteiger partial charge in [-0.05, 0) is 39.5 Å². The van der Waals surface area contributed by atoms with Crippen LogP contribution < -0.4 is 5.32 Å². The van der Waals surface area contributed by atoms with Crippen molar-refractivity contribution in [2.24, 2.45) is 5.92 Å². The summed E-state index contributed by atoms with van der Waals surface area (Å²) in [5.74, 6) is 0.863. The van der Waals surface area contributed by atoms with Crippen LogP contribution in [0.15, 0.2) is 0 Å². The van der Waals surface area contributed by atoms with Crippen LogP contribution in [0.1, 0.15) is 66.7 Å². The molecular formula is C17H35NO3. The second-order valence-electron chi connectivity index (χ2n) is 6.92. The predicted molar refractivity (Wildman–Crippen MR) is 87.5 cm³/mol. The molecule has 0 aliphatic carbocycles. The number of carbonyl (C=O) groups is 1. The number of unbranched alkanes of at least 4 members (excludes halogenated alkanes) is 1. The van der Waals surface area contributed by atoms with Gasteiger partial charge in [0.25, 0.3) is 0 Å². The highest BCUT2D eigenvalue weighted by molar-refractivity contribution is 5.75. The molecule has 4 heteroatoms. The van der Waals surface area contributed by atoms with E-state index in [-0.39, 0.29) is 11.5 Å². The lowest BCUT2D eigenvalue weighted by Crippen LogP contribution is -2.27. The number of nitrogens with one attached hydrogen (secondary N) is 1. The molecule has 0 aromatic heterocycles. The molecule has 1 amide bonds. The summed E-state index contributed by atoms with van der Waals surface area (Å²) in [5, 5.41) is 2.89.